The van der Waals surface area contributed by atoms with Gasteiger partial charge in [-0.15, -0.1) is 6.58 Å². The van der Waals surface area contributed by atoms with Crippen LogP contribution in [0, 0.1) is 27.4 Å². The molecule has 1 saturated carbocycles. The zero-order valence-electron chi connectivity index (χ0n) is 12.9. The van der Waals surface area contributed by atoms with Crippen molar-refractivity contribution in [3.63, 3.8) is 0 Å². The Morgan fingerprint density at radius 3 is 2.60 bits per heavy atom. The highest BCUT2D eigenvalue weighted by atomic mass is 16.6. The number of carbonyl (C=O) groups excluding carboxylic acids is 1. The predicted molar refractivity (Wildman–Crippen MR) is 78.9 cm³/mol. The molecule has 3 atom stereocenters. The van der Waals surface area contributed by atoms with Gasteiger partial charge < -0.3 is 5.32 Å². The maximum absolute atomic E-state index is 12.6. The topological polar surface area (TPSA) is 72.2 Å². The molecular formula is C15H26N2O3. The smallest absolute Gasteiger partial charge is 0.226 e. The van der Waals surface area contributed by atoms with Crippen LogP contribution in [0.5, 0.6) is 0 Å². The molecule has 0 aromatic heterocycles. The molecule has 114 valence electrons. The Labute approximate surface area is 121 Å². The van der Waals surface area contributed by atoms with E-state index in [1.165, 1.54) is 0 Å². The van der Waals surface area contributed by atoms with E-state index in [2.05, 4.69) is 11.9 Å². The first-order valence-electron chi connectivity index (χ1n) is 7.14. The molecule has 1 N–H and O–H groups in total. The van der Waals surface area contributed by atoms with Crippen molar-refractivity contribution < 1.29 is 9.72 Å². The third kappa shape index (κ3) is 4.05. The number of allylic oxidation sites excluding steroid dienone is 1. The zero-order chi connectivity index (χ0) is 15.6. The second-order valence-corrected chi connectivity index (χ2v) is 7.16. The Hall–Kier alpha value is -1.39. The van der Waals surface area contributed by atoms with E-state index in [4.69, 9.17) is 0 Å². The van der Waals surface area contributed by atoms with Gasteiger partial charge in [0.1, 0.15) is 0 Å². The molecule has 1 rings (SSSR count). The second kappa shape index (κ2) is 5.94. The molecule has 0 aliphatic heterocycles. The van der Waals surface area contributed by atoms with E-state index in [9.17, 15) is 14.9 Å². The van der Waals surface area contributed by atoms with Gasteiger partial charge in [-0.05, 0) is 46.0 Å². The molecule has 0 aromatic rings. The molecule has 0 radical (unpaired) electrons. The molecule has 0 saturated heterocycles. The number of hydrogen-bond donors (Lipinski definition) is 1. The highest BCUT2D eigenvalue weighted by molar-refractivity contribution is 5.83. The van der Waals surface area contributed by atoms with Crippen molar-refractivity contribution in [2.75, 3.05) is 6.54 Å². The standard InChI is InChI=1S/C15H26N2O3/c1-6-7-12-8-11(10-17(19)20)9-15(12,5)13(18)16-14(2,3)4/h6,11-12H,1,7-10H2,2-5H3,(H,16,18)/t11-,12+,15-/m1/s1. The molecule has 0 unspecified atom stereocenters. The van der Waals surface area contributed by atoms with E-state index in [0.29, 0.717) is 6.42 Å². The number of nitro groups is 1. The summed E-state index contributed by atoms with van der Waals surface area (Å²) in [5, 5.41) is 13.7. The number of rotatable bonds is 5. The number of nitrogens with zero attached hydrogens (tertiary/aromatic N) is 1. The maximum Gasteiger partial charge on any atom is 0.226 e. The summed E-state index contributed by atoms with van der Waals surface area (Å²) in [7, 11) is 0. The van der Waals surface area contributed by atoms with Gasteiger partial charge in [-0.2, -0.15) is 0 Å². The van der Waals surface area contributed by atoms with E-state index < -0.39 is 5.41 Å². The third-order valence-corrected chi connectivity index (χ3v) is 4.10. The van der Waals surface area contributed by atoms with Crippen LogP contribution in [0.3, 0.4) is 0 Å². The van der Waals surface area contributed by atoms with Gasteiger partial charge in [-0.3, -0.25) is 14.9 Å². The summed E-state index contributed by atoms with van der Waals surface area (Å²) in [6.07, 6.45) is 3.83. The Morgan fingerprint density at radius 2 is 2.15 bits per heavy atom. The maximum atomic E-state index is 12.6. The molecule has 0 aromatic carbocycles. The molecule has 5 heteroatoms. The minimum absolute atomic E-state index is 0.00250. The van der Waals surface area contributed by atoms with Gasteiger partial charge in [0.15, 0.2) is 0 Å². The lowest BCUT2D eigenvalue weighted by Gasteiger charge is -2.33. The van der Waals surface area contributed by atoms with Crippen molar-refractivity contribution in [1.29, 1.82) is 0 Å². The molecule has 1 aliphatic carbocycles. The van der Waals surface area contributed by atoms with Gasteiger partial charge in [0.2, 0.25) is 12.5 Å². The Bertz CT molecular complexity index is 400. The van der Waals surface area contributed by atoms with Crippen molar-refractivity contribution >= 4 is 5.91 Å². The van der Waals surface area contributed by atoms with Crippen LogP contribution in [0.15, 0.2) is 12.7 Å². The Balaban J connectivity index is 2.89. The summed E-state index contributed by atoms with van der Waals surface area (Å²) in [4.78, 5) is 23.0. The number of carbonyl (C=O) groups is 1. The lowest BCUT2D eigenvalue weighted by Crippen LogP contribution is -2.49. The molecule has 1 aliphatic rings. The average Bonchev–Trinajstić information content (AvgIpc) is 2.53. The molecular weight excluding hydrogens is 256 g/mol. The van der Waals surface area contributed by atoms with E-state index >= 15 is 0 Å². The zero-order valence-corrected chi connectivity index (χ0v) is 12.9. The lowest BCUT2D eigenvalue weighted by atomic mass is 9.76. The van der Waals surface area contributed by atoms with Gasteiger partial charge in [0, 0.05) is 21.8 Å². The summed E-state index contributed by atoms with van der Waals surface area (Å²) in [5.41, 5.74) is -0.831. The summed E-state index contributed by atoms with van der Waals surface area (Å²) in [6.45, 7) is 11.5. The van der Waals surface area contributed by atoms with Crippen LogP contribution in [-0.2, 0) is 4.79 Å². The Kier molecular flexibility index (Phi) is 4.95. The van der Waals surface area contributed by atoms with E-state index in [1.54, 1.807) is 0 Å². The van der Waals surface area contributed by atoms with Crippen molar-refractivity contribution in [2.45, 2.75) is 52.5 Å². The Morgan fingerprint density at radius 1 is 1.55 bits per heavy atom. The molecule has 0 spiro atoms. The van der Waals surface area contributed by atoms with Crippen molar-refractivity contribution in [1.82, 2.24) is 5.32 Å². The van der Waals surface area contributed by atoms with Crippen molar-refractivity contribution in [3.8, 4) is 0 Å². The van der Waals surface area contributed by atoms with E-state index in [0.717, 1.165) is 12.8 Å². The predicted octanol–water partition coefficient (Wildman–Crippen LogP) is 2.79. The largest absolute Gasteiger partial charge is 0.351 e. The lowest BCUT2D eigenvalue weighted by molar-refractivity contribution is -0.488. The first-order chi connectivity index (χ1) is 9.08. The molecule has 1 fully saturated rings. The summed E-state index contributed by atoms with van der Waals surface area (Å²) >= 11 is 0. The number of amides is 1. The van der Waals surface area contributed by atoms with Crippen LogP contribution in [0.1, 0.15) is 47.0 Å². The minimum Gasteiger partial charge on any atom is -0.351 e. The van der Waals surface area contributed by atoms with Crippen molar-refractivity contribution in [2.24, 2.45) is 17.3 Å². The van der Waals surface area contributed by atoms with Gasteiger partial charge in [0.25, 0.3) is 0 Å². The fourth-order valence-electron chi connectivity index (χ4n) is 3.18. The van der Waals surface area contributed by atoms with Crippen LogP contribution in [-0.4, -0.2) is 22.9 Å². The van der Waals surface area contributed by atoms with Crippen LogP contribution >= 0.6 is 0 Å². The first kappa shape index (κ1) is 16.7. The molecule has 1 amide bonds. The normalized spacial score (nSPS) is 30.0. The SMILES string of the molecule is C=CC[C@H]1C[C@@H](C[N+](=O)[O-])C[C@@]1(C)C(=O)NC(C)(C)C. The van der Waals surface area contributed by atoms with Crippen LogP contribution in [0.25, 0.3) is 0 Å². The van der Waals surface area contributed by atoms with E-state index in [-0.39, 0.29) is 34.7 Å². The average molecular weight is 282 g/mol. The van der Waals surface area contributed by atoms with Gasteiger partial charge in [-0.1, -0.05) is 13.0 Å². The first-order valence-corrected chi connectivity index (χ1v) is 7.14. The quantitative estimate of drug-likeness (QED) is 0.479. The van der Waals surface area contributed by atoms with E-state index in [1.807, 2.05) is 33.8 Å². The van der Waals surface area contributed by atoms with Gasteiger partial charge in [-0.25, -0.2) is 0 Å². The number of nitrogens with one attached hydrogen (secondary N) is 1. The van der Waals surface area contributed by atoms with Gasteiger partial charge in [0.05, 0.1) is 0 Å². The summed E-state index contributed by atoms with van der Waals surface area (Å²) < 4.78 is 0. The second-order valence-electron chi connectivity index (χ2n) is 7.16. The van der Waals surface area contributed by atoms with Gasteiger partial charge >= 0.3 is 0 Å². The summed E-state index contributed by atoms with van der Waals surface area (Å²) in [6, 6.07) is 0. The highest BCUT2D eigenvalue weighted by Gasteiger charge is 2.50. The highest BCUT2D eigenvalue weighted by Crippen LogP contribution is 2.48. The molecule has 20 heavy (non-hydrogen) atoms. The van der Waals surface area contributed by atoms with Crippen molar-refractivity contribution in [3.05, 3.63) is 22.8 Å². The molecule has 5 nitrogen and oxygen atoms in total. The molecule has 0 heterocycles. The van der Waals surface area contributed by atoms with Crippen LogP contribution in [0.2, 0.25) is 0 Å². The third-order valence-electron chi connectivity index (χ3n) is 4.10. The molecule has 0 bridgehead atoms. The fourth-order valence-corrected chi connectivity index (χ4v) is 3.18. The minimum atomic E-state index is -0.540. The van der Waals surface area contributed by atoms with Crippen LogP contribution < -0.4 is 5.32 Å². The fraction of sp³-hybridized carbons (Fsp3) is 0.800. The van der Waals surface area contributed by atoms with Crippen LogP contribution in [0.4, 0.5) is 0 Å². The number of hydrogen-bond acceptors (Lipinski definition) is 3. The monoisotopic (exact) mass is 282 g/mol. The summed E-state index contributed by atoms with van der Waals surface area (Å²) in [5.74, 6) is 0.112.